The smallest absolute Gasteiger partial charge is 0.355 e. The van der Waals surface area contributed by atoms with Crippen molar-refractivity contribution in [2.45, 2.75) is 13.8 Å². The Labute approximate surface area is 116 Å². The van der Waals surface area contributed by atoms with Crippen molar-refractivity contribution < 1.29 is 14.6 Å². The molecule has 0 amide bonds. The fraction of sp³-hybridized carbons (Fsp3) is 0.200. The molecule has 0 aliphatic rings. The van der Waals surface area contributed by atoms with Gasteiger partial charge in [-0.05, 0) is 26.0 Å². The van der Waals surface area contributed by atoms with Crippen molar-refractivity contribution in [3.8, 4) is 17.6 Å². The molecule has 0 aliphatic heterocycles. The van der Waals surface area contributed by atoms with E-state index in [-0.39, 0.29) is 23.7 Å². The zero-order valence-electron chi connectivity index (χ0n) is 11.3. The molecule has 0 bridgehead atoms. The van der Waals surface area contributed by atoms with E-state index in [1.807, 2.05) is 12.1 Å². The lowest BCUT2D eigenvalue weighted by Crippen LogP contribution is -2.12. The summed E-state index contributed by atoms with van der Waals surface area (Å²) in [7, 11) is 0. The minimum Gasteiger partial charge on any atom is -0.493 e. The van der Waals surface area contributed by atoms with Crippen LogP contribution in [0.15, 0.2) is 30.3 Å². The van der Waals surface area contributed by atoms with Gasteiger partial charge in [0.15, 0.2) is 0 Å². The number of esters is 1. The average Bonchev–Trinajstić information content (AvgIpc) is 2.71. The maximum Gasteiger partial charge on any atom is 0.355 e. The predicted octanol–water partition coefficient (Wildman–Crippen LogP) is 2.54. The number of nitriles is 1. The number of carbonyl (C=O) groups is 1. The molecule has 0 fully saturated rings. The molecular weight excluding hydrogens is 256 g/mol. The van der Waals surface area contributed by atoms with Gasteiger partial charge in [-0.3, -0.25) is 4.57 Å². The summed E-state index contributed by atoms with van der Waals surface area (Å²) < 4.78 is 6.34. The van der Waals surface area contributed by atoms with Gasteiger partial charge < -0.3 is 9.84 Å². The van der Waals surface area contributed by atoms with Gasteiger partial charge in [0.25, 0.3) is 0 Å². The van der Waals surface area contributed by atoms with E-state index < -0.39 is 5.97 Å². The van der Waals surface area contributed by atoms with Crippen LogP contribution >= 0.6 is 0 Å². The van der Waals surface area contributed by atoms with Crippen LogP contribution in [-0.4, -0.2) is 22.2 Å². The number of ether oxygens (including phenoxy) is 1. The molecule has 2 aromatic rings. The monoisotopic (exact) mass is 270 g/mol. The van der Waals surface area contributed by atoms with Crippen molar-refractivity contribution in [2.75, 3.05) is 6.61 Å². The van der Waals surface area contributed by atoms with Gasteiger partial charge in [-0.15, -0.1) is 0 Å². The Bertz CT molecular complexity index is 681. The van der Waals surface area contributed by atoms with Crippen molar-refractivity contribution in [1.29, 1.82) is 5.26 Å². The van der Waals surface area contributed by atoms with E-state index in [1.165, 1.54) is 4.57 Å². The molecule has 20 heavy (non-hydrogen) atoms. The van der Waals surface area contributed by atoms with Gasteiger partial charge in [0.1, 0.15) is 17.3 Å². The maximum atomic E-state index is 12.1. The van der Waals surface area contributed by atoms with Gasteiger partial charge in [-0.25, -0.2) is 4.79 Å². The molecule has 1 aromatic heterocycles. The first-order chi connectivity index (χ1) is 9.61. The molecule has 0 saturated carbocycles. The number of nitrogens with zero attached hydrogens (tertiary/aromatic N) is 2. The highest BCUT2D eigenvalue weighted by Crippen LogP contribution is 2.31. The van der Waals surface area contributed by atoms with Crippen LogP contribution in [0.3, 0.4) is 0 Å². The molecule has 102 valence electrons. The SMILES string of the molecule is CCOC(=O)c1c(C)c(C#N)c(O)n1-c1ccccc1. The lowest BCUT2D eigenvalue weighted by Gasteiger charge is -2.10. The van der Waals surface area contributed by atoms with E-state index >= 15 is 0 Å². The zero-order chi connectivity index (χ0) is 14.7. The Hall–Kier alpha value is -2.74. The molecule has 1 N–H and O–H groups in total. The molecule has 1 aromatic carbocycles. The Morgan fingerprint density at radius 1 is 1.40 bits per heavy atom. The van der Waals surface area contributed by atoms with Crippen LogP contribution in [0.5, 0.6) is 5.88 Å². The third-order valence-electron chi connectivity index (χ3n) is 2.98. The van der Waals surface area contributed by atoms with Crippen molar-refractivity contribution in [2.24, 2.45) is 0 Å². The first-order valence-corrected chi connectivity index (χ1v) is 6.18. The number of aromatic hydroxyl groups is 1. The standard InChI is InChI=1S/C15H14N2O3/c1-3-20-15(19)13-10(2)12(9-16)14(18)17(13)11-7-5-4-6-8-11/h4-8,18H,3H2,1-2H3. The summed E-state index contributed by atoms with van der Waals surface area (Å²) >= 11 is 0. The average molecular weight is 270 g/mol. The highest BCUT2D eigenvalue weighted by Gasteiger charge is 2.26. The van der Waals surface area contributed by atoms with E-state index in [9.17, 15) is 9.90 Å². The van der Waals surface area contributed by atoms with Crippen molar-refractivity contribution >= 4 is 5.97 Å². The molecule has 5 nitrogen and oxygen atoms in total. The quantitative estimate of drug-likeness (QED) is 0.870. The summed E-state index contributed by atoms with van der Waals surface area (Å²) in [5.74, 6) is -0.815. The third kappa shape index (κ3) is 2.12. The Kier molecular flexibility index (Phi) is 3.76. The van der Waals surface area contributed by atoms with E-state index in [2.05, 4.69) is 0 Å². The molecule has 1 heterocycles. The molecule has 0 unspecified atom stereocenters. The summed E-state index contributed by atoms with van der Waals surface area (Å²) in [4.78, 5) is 12.1. The summed E-state index contributed by atoms with van der Waals surface area (Å²) in [5, 5.41) is 19.3. The van der Waals surface area contributed by atoms with Crippen LogP contribution in [0.1, 0.15) is 28.5 Å². The summed E-state index contributed by atoms with van der Waals surface area (Å²) in [6.07, 6.45) is 0. The van der Waals surface area contributed by atoms with Crippen molar-refractivity contribution in [3.05, 3.63) is 47.2 Å². The Morgan fingerprint density at radius 2 is 2.05 bits per heavy atom. The van der Waals surface area contributed by atoms with Crippen LogP contribution in [0, 0.1) is 18.3 Å². The van der Waals surface area contributed by atoms with Crippen LogP contribution < -0.4 is 0 Å². The van der Waals surface area contributed by atoms with E-state index in [4.69, 9.17) is 10.00 Å². The first-order valence-electron chi connectivity index (χ1n) is 6.18. The first kappa shape index (κ1) is 13.7. The van der Waals surface area contributed by atoms with Crippen molar-refractivity contribution in [3.63, 3.8) is 0 Å². The summed E-state index contributed by atoms with van der Waals surface area (Å²) in [6, 6.07) is 10.8. The van der Waals surface area contributed by atoms with Crippen LogP contribution in [-0.2, 0) is 4.74 Å². The molecule has 0 saturated heterocycles. The topological polar surface area (TPSA) is 75.2 Å². The van der Waals surface area contributed by atoms with Gasteiger partial charge in [-0.2, -0.15) is 5.26 Å². The number of carbonyl (C=O) groups excluding carboxylic acids is 1. The largest absolute Gasteiger partial charge is 0.493 e. The second kappa shape index (κ2) is 5.49. The fourth-order valence-corrected chi connectivity index (χ4v) is 2.08. The van der Waals surface area contributed by atoms with Gasteiger partial charge in [0, 0.05) is 11.3 Å². The predicted molar refractivity (Wildman–Crippen MR) is 72.8 cm³/mol. The Morgan fingerprint density at radius 3 is 2.60 bits per heavy atom. The summed E-state index contributed by atoms with van der Waals surface area (Å²) in [5.41, 5.74) is 1.26. The minimum absolute atomic E-state index is 0.0805. The van der Waals surface area contributed by atoms with E-state index in [0.717, 1.165) is 0 Å². The molecule has 0 spiro atoms. The fourth-order valence-electron chi connectivity index (χ4n) is 2.08. The molecule has 5 heteroatoms. The van der Waals surface area contributed by atoms with Crippen LogP contribution in [0.2, 0.25) is 0 Å². The zero-order valence-corrected chi connectivity index (χ0v) is 11.3. The molecular formula is C15H14N2O3. The molecule has 0 aliphatic carbocycles. The van der Waals surface area contributed by atoms with Crippen LogP contribution in [0.4, 0.5) is 0 Å². The molecule has 0 radical (unpaired) electrons. The highest BCUT2D eigenvalue weighted by atomic mass is 16.5. The number of hydrogen-bond donors (Lipinski definition) is 1. The number of para-hydroxylation sites is 1. The summed E-state index contributed by atoms with van der Waals surface area (Å²) in [6.45, 7) is 3.54. The maximum absolute atomic E-state index is 12.1. The van der Waals surface area contributed by atoms with Gasteiger partial charge in [-0.1, -0.05) is 18.2 Å². The molecule has 0 atom stereocenters. The normalized spacial score (nSPS) is 10.1. The van der Waals surface area contributed by atoms with Crippen LogP contribution in [0.25, 0.3) is 5.69 Å². The second-order valence-corrected chi connectivity index (χ2v) is 4.18. The third-order valence-corrected chi connectivity index (χ3v) is 2.98. The van der Waals surface area contributed by atoms with E-state index in [0.29, 0.717) is 11.3 Å². The van der Waals surface area contributed by atoms with Gasteiger partial charge >= 0.3 is 5.97 Å². The molecule has 2 rings (SSSR count). The van der Waals surface area contributed by atoms with E-state index in [1.54, 1.807) is 38.1 Å². The number of aromatic nitrogens is 1. The van der Waals surface area contributed by atoms with Gasteiger partial charge in [0.05, 0.1) is 6.61 Å². The number of hydrogen-bond acceptors (Lipinski definition) is 4. The number of benzene rings is 1. The lowest BCUT2D eigenvalue weighted by atomic mass is 10.2. The highest BCUT2D eigenvalue weighted by molar-refractivity contribution is 5.92. The van der Waals surface area contributed by atoms with Gasteiger partial charge in [0.2, 0.25) is 5.88 Å². The minimum atomic E-state index is -0.564. The second-order valence-electron chi connectivity index (χ2n) is 4.18. The Balaban J connectivity index is 2.73. The number of rotatable bonds is 3. The lowest BCUT2D eigenvalue weighted by molar-refractivity contribution is 0.0515. The van der Waals surface area contributed by atoms with Crippen molar-refractivity contribution in [1.82, 2.24) is 4.57 Å².